The lowest BCUT2D eigenvalue weighted by Crippen LogP contribution is -2.55. The number of carbonyl (C=O) groups excluding carboxylic acids is 6. The second-order valence-corrected chi connectivity index (χ2v) is 14.2. The van der Waals surface area contributed by atoms with Crippen molar-refractivity contribution in [3.8, 4) is 0 Å². The van der Waals surface area contributed by atoms with Crippen molar-refractivity contribution in [2.75, 3.05) is 6.54 Å². The zero-order chi connectivity index (χ0) is 34.8. The molecule has 0 bridgehead atoms. The summed E-state index contributed by atoms with van der Waals surface area (Å²) in [6.07, 6.45) is 3.26. The molecule has 4 N–H and O–H groups in total. The van der Waals surface area contributed by atoms with Gasteiger partial charge >= 0.3 is 6.09 Å². The number of hydrogen-bond acceptors (Lipinski definition) is 8. The Morgan fingerprint density at radius 3 is 2.22 bits per heavy atom. The first kappa shape index (κ1) is 38.1. The van der Waals surface area contributed by atoms with Crippen LogP contribution in [0.4, 0.5) is 4.79 Å². The molecule has 1 aliphatic carbocycles. The number of hydrogen-bond donors (Lipinski definition) is 4. The van der Waals surface area contributed by atoms with Crippen molar-refractivity contribution >= 4 is 35.4 Å². The van der Waals surface area contributed by atoms with Gasteiger partial charge in [-0.2, -0.15) is 0 Å². The number of ether oxygens (including phenoxy) is 1. The highest BCUT2D eigenvalue weighted by atomic mass is 16.6. The SMILES string of the molecule is C=CCC(NC(=O)[C@H]1C(C(=O)[C@@H](NC(=O)OC(C)(C)C)C(C)(C)C)CCC1C(C)C)C(=O)C(=O)NCC(=O)NCc1ccccn1. The number of nitrogens with zero attached hydrogens (tertiary/aromatic N) is 1. The van der Waals surface area contributed by atoms with Crippen molar-refractivity contribution in [1.29, 1.82) is 0 Å². The lowest BCUT2D eigenvalue weighted by atomic mass is 9.74. The van der Waals surface area contributed by atoms with Crippen molar-refractivity contribution in [2.24, 2.45) is 29.1 Å². The Balaban J connectivity index is 2.17. The minimum atomic E-state index is -1.25. The highest BCUT2D eigenvalue weighted by Crippen LogP contribution is 2.43. The van der Waals surface area contributed by atoms with E-state index in [-0.39, 0.29) is 30.6 Å². The van der Waals surface area contributed by atoms with Crippen molar-refractivity contribution in [3.05, 3.63) is 42.7 Å². The summed E-state index contributed by atoms with van der Waals surface area (Å²) in [6.45, 7) is 18.0. The van der Waals surface area contributed by atoms with Crippen LogP contribution < -0.4 is 21.3 Å². The molecule has 1 heterocycles. The number of nitrogens with one attached hydrogen (secondary N) is 4. The van der Waals surface area contributed by atoms with Crippen LogP contribution in [0.25, 0.3) is 0 Å². The molecule has 1 saturated carbocycles. The number of rotatable bonds is 14. The molecule has 5 atom stereocenters. The third kappa shape index (κ3) is 11.4. The minimum absolute atomic E-state index is 0.0354. The van der Waals surface area contributed by atoms with Gasteiger partial charge in [-0.15, -0.1) is 6.58 Å². The normalized spacial score (nSPS) is 19.4. The molecule has 254 valence electrons. The average molecular weight is 642 g/mol. The van der Waals surface area contributed by atoms with E-state index in [4.69, 9.17) is 4.74 Å². The number of pyridine rings is 1. The largest absolute Gasteiger partial charge is 0.444 e. The second kappa shape index (κ2) is 16.5. The van der Waals surface area contributed by atoms with Gasteiger partial charge in [0.2, 0.25) is 17.6 Å². The van der Waals surface area contributed by atoms with Gasteiger partial charge in [0, 0.05) is 12.1 Å². The molecule has 1 aromatic rings. The Bertz CT molecular complexity index is 1270. The van der Waals surface area contributed by atoms with Gasteiger partial charge in [-0.1, -0.05) is 46.8 Å². The molecule has 0 spiro atoms. The predicted octanol–water partition coefficient (Wildman–Crippen LogP) is 3.25. The first-order chi connectivity index (χ1) is 21.4. The smallest absolute Gasteiger partial charge is 0.408 e. The first-order valence-corrected chi connectivity index (χ1v) is 15.8. The zero-order valence-electron chi connectivity index (χ0n) is 28.4. The van der Waals surface area contributed by atoms with Gasteiger partial charge in [-0.05, 0) is 69.4 Å². The van der Waals surface area contributed by atoms with Crippen LogP contribution in [-0.4, -0.2) is 64.6 Å². The Morgan fingerprint density at radius 1 is 1.00 bits per heavy atom. The summed E-state index contributed by atoms with van der Waals surface area (Å²) in [6, 6.07) is 3.08. The number of Topliss-reactive ketones (excluding diaryl/α,β-unsaturated/α-hetero) is 2. The Hall–Kier alpha value is -4.09. The Labute approximate surface area is 272 Å². The molecule has 12 nitrogen and oxygen atoms in total. The highest BCUT2D eigenvalue weighted by molar-refractivity contribution is 6.38. The molecular weight excluding hydrogens is 590 g/mol. The first-order valence-electron chi connectivity index (χ1n) is 15.8. The van der Waals surface area contributed by atoms with Crippen molar-refractivity contribution in [1.82, 2.24) is 26.3 Å². The molecule has 0 aromatic carbocycles. The van der Waals surface area contributed by atoms with Gasteiger partial charge in [-0.3, -0.25) is 29.0 Å². The van der Waals surface area contributed by atoms with E-state index in [1.165, 1.54) is 6.08 Å². The average Bonchev–Trinajstić information content (AvgIpc) is 3.41. The molecule has 1 aliphatic rings. The van der Waals surface area contributed by atoms with Gasteiger partial charge in [0.25, 0.3) is 5.91 Å². The van der Waals surface area contributed by atoms with Gasteiger partial charge in [-0.25, -0.2) is 4.79 Å². The summed E-state index contributed by atoms with van der Waals surface area (Å²) in [5.41, 5.74) is -0.824. The third-order valence-corrected chi connectivity index (χ3v) is 7.90. The van der Waals surface area contributed by atoms with Gasteiger partial charge in [0.1, 0.15) is 11.6 Å². The van der Waals surface area contributed by atoms with Crippen LogP contribution in [0, 0.1) is 29.1 Å². The molecule has 4 amide bonds. The topological polar surface area (TPSA) is 173 Å². The molecule has 12 heteroatoms. The Morgan fingerprint density at radius 2 is 1.67 bits per heavy atom. The minimum Gasteiger partial charge on any atom is -0.444 e. The fourth-order valence-corrected chi connectivity index (χ4v) is 5.65. The molecule has 0 aliphatic heterocycles. The van der Waals surface area contributed by atoms with Crippen LogP contribution >= 0.6 is 0 Å². The van der Waals surface area contributed by atoms with Crippen LogP contribution in [-0.2, 0) is 35.3 Å². The van der Waals surface area contributed by atoms with Crippen molar-refractivity contribution in [2.45, 2.75) is 98.9 Å². The van der Waals surface area contributed by atoms with Crippen LogP contribution in [0.15, 0.2) is 37.1 Å². The van der Waals surface area contributed by atoms with E-state index in [1.54, 1.807) is 45.2 Å². The molecule has 1 fully saturated rings. The molecule has 2 rings (SSSR count). The highest BCUT2D eigenvalue weighted by Gasteiger charge is 2.49. The second-order valence-electron chi connectivity index (χ2n) is 14.2. The fourth-order valence-electron chi connectivity index (χ4n) is 5.65. The van der Waals surface area contributed by atoms with Crippen LogP contribution in [0.5, 0.6) is 0 Å². The van der Waals surface area contributed by atoms with E-state index in [9.17, 15) is 28.8 Å². The maximum Gasteiger partial charge on any atom is 0.408 e. The van der Waals surface area contributed by atoms with E-state index in [0.717, 1.165) is 0 Å². The molecule has 1 aromatic heterocycles. The summed E-state index contributed by atoms with van der Waals surface area (Å²) in [7, 11) is 0. The van der Waals surface area contributed by atoms with E-state index in [0.29, 0.717) is 18.5 Å². The molecule has 46 heavy (non-hydrogen) atoms. The lowest BCUT2D eigenvalue weighted by molar-refractivity contribution is -0.142. The molecular formula is C34H51N5O7. The van der Waals surface area contributed by atoms with Gasteiger partial charge in [0.05, 0.1) is 30.7 Å². The molecule has 0 radical (unpaired) electrons. The van der Waals surface area contributed by atoms with Gasteiger partial charge < -0.3 is 26.0 Å². The van der Waals surface area contributed by atoms with Crippen LogP contribution in [0.1, 0.15) is 80.3 Å². The van der Waals surface area contributed by atoms with Crippen molar-refractivity contribution < 1.29 is 33.5 Å². The summed E-state index contributed by atoms with van der Waals surface area (Å²) in [4.78, 5) is 82.9. The maximum atomic E-state index is 14.1. The Kier molecular flexibility index (Phi) is 13.6. The molecule has 0 saturated heterocycles. The van der Waals surface area contributed by atoms with Gasteiger partial charge in [0.15, 0.2) is 5.78 Å². The van der Waals surface area contributed by atoms with E-state index in [1.807, 2.05) is 34.6 Å². The number of aromatic nitrogens is 1. The quantitative estimate of drug-likeness (QED) is 0.177. The lowest BCUT2D eigenvalue weighted by Gasteiger charge is -2.35. The van der Waals surface area contributed by atoms with Crippen LogP contribution in [0.2, 0.25) is 0 Å². The van der Waals surface area contributed by atoms with E-state index >= 15 is 0 Å². The fraction of sp³-hybridized carbons (Fsp3) is 0.618. The zero-order valence-corrected chi connectivity index (χ0v) is 28.4. The summed E-state index contributed by atoms with van der Waals surface area (Å²) < 4.78 is 5.41. The number of alkyl carbamates (subject to hydrolysis) is 1. The van der Waals surface area contributed by atoms with E-state index in [2.05, 4.69) is 32.8 Å². The number of ketones is 2. The summed E-state index contributed by atoms with van der Waals surface area (Å²) >= 11 is 0. The summed E-state index contributed by atoms with van der Waals surface area (Å²) in [5.74, 6) is -4.96. The van der Waals surface area contributed by atoms with E-state index < -0.39 is 71.1 Å². The van der Waals surface area contributed by atoms with Crippen molar-refractivity contribution in [3.63, 3.8) is 0 Å². The summed E-state index contributed by atoms with van der Waals surface area (Å²) in [5, 5.41) is 10.3. The predicted molar refractivity (Wildman–Crippen MR) is 173 cm³/mol. The number of carbonyl (C=O) groups is 6. The molecule has 3 unspecified atom stereocenters. The standard InChI is InChI=1S/C34H51N5O7/c1-10-13-24(28(42)31(44)37-19-25(40)36-18-21-14-11-12-17-35-21)38-30(43)26-22(20(2)3)15-16-23(26)27(41)29(33(4,5)6)39-32(45)46-34(7,8)9/h10-12,14,17,20,22-24,26,29H,1,13,15-16,18-19H2,2-9H3,(H,36,40)(H,37,44)(H,38,43)(H,39,45)/t22?,23?,24?,26-,29-/m1/s1. The monoisotopic (exact) mass is 641 g/mol. The van der Waals surface area contributed by atoms with Crippen LogP contribution in [0.3, 0.4) is 0 Å². The maximum absolute atomic E-state index is 14.1. The number of amides is 4. The third-order valence-electron chi connectivity index (χ3n) is 7.90.